The largest absolute Gasteiger partial charge is 2.00 e. The Hall–Kier alpha value is -10.4. The van der Waals surface area contributed by atoms with Crippen LogP contribution in [-0.4, -0.2) is 131 Å². The molecule has 0 saturated carbocycles. The minimum absolute atomic E-state index is 0. The van der Waals surface area contributed by atoms with Gasteiger partial charge >= 0.3 is 51.2 Å². The van der Waals surface area contributed by atoms with Crippen molar-refractivity contribution in [1.29, 1.82) is 0 Å². The molecule has 4 heterocycles. The van der Waals surface area contributed by atoms with E-state index in [1.165, 1.54) is 25.3 Å². The molecular formula is C16H16CuN26O18. The van der Waals surface area contributed by atoms with Crippen LogP contribution in [0.2, 0.25) is 0 Å². The minimum Gasteiger partial charge on any atom is -0.863 e. The molecule has 0 spiro atoms. The second-order valence-corrected chi connectivity index (χ2v) is 8.85. The van der Waals surface area contributed by atoms with E-state index in [2.05, 4.69) is 62.1 Å². The fourth-order valence-electron chi connectivity index (χ4n) is 3.02. The Balaban J connectivity index is 0.000000764. The molecule has 0 amide bonds. The maximum Gasteiger partial charge on any atom is 2.00 e. The van der Waals surface area contributed by atoms with E-state index in [1.54, 1.807) is 0 Å². The van der Waals surface area contributed by atoms with Gasteiger partial charge in [-0.1, -0.05) is 0 Å². The molecule has 61 heavy (non-hydrogen) atoms. The summed E-state index contributed by atoms with van der Waals surface area (Å²) < 4.78 is 0. The summed E-state index contributed by atoms with van der Waals surface area (Å²) in [6.07, 6.45) is 5.22. The van der Waals surface area contributed by atoms with Crippen molar-refractivity contribution in [3.63, 3.8) is 0 Å². The van der Waals surface area contributed by atoms with E-state index in [9.17, 15) is 70.9 Å². The number of phenolic OH excluding ortho intramolecular Hbond substituents is 4. The number of phenols is 4. The number of nitro groups is 6. The first-order valence-electron chi connectivity index (χ1n) is 13.3. The number of aromatic hydroxyl groups is 4. The quantitative estimate of drug-likeness (QED) is 0.0333. The van der Waals surface area contributed by atoms with Crippen molar-refractivity contribution in [3.05, 3.63) is 86.0 Å². The maximum atomic E-state index is 11.2. The number of hydrogen-bond acceptors (Lipinski definition) is 34. The Bertz CT molecular complexity index is 1970. The van der Waals surface area contributed by atoms with Gasteiger partial charge in [0.05, 0.1) is 41.0 Å². The molecule has 12 N–H and O–H groups in total. The summed E-state index contributed by atoms with van der Waals surface area (Å²) in [5.41, 5.74) is -10.3. The first-order valence-corrected chi connectivity index (χ1v) is 13.3. The van der Waals surface area contributed by atoms with Gasteiger partial charge in [-0.05, 0) is 41.7 Å². The van der Waals surface area contributed by atoms with Gasteiger partial charge in [0.1, 0.15) is 0 Å². The monoisotopic (exact) mass is 923 g/mol. The molecule has 6 aromatic rings. The smallest absolute Gasteiger partial charge is 0.863 e. The average molecular weight is 924 g/mol. The van der Waals surface area contributed by atoms with Gasteiger partial charge < -0.3 is 54.0 Å². The van der Waals surface area contributed by atoms with Gasteiger partial charge in [0.15, 0.2) is 25.3 Å². The molecule has 6 rings (SSSR count). The number of nitrogens with two attached hydrogens (primary N) is 4. The molecule has 4 aromatic heterocycles. The molecular weight excluding hydrogens is 908 g/mol. The van der Waals surface area contributed by atoms with Gasteiger partial charge in [-0.15, -0.1) is 39.6 Å². The molecule has 0 fully saturated rings. The van der Waals surface area contributed by atoms with Crippen LogP contribution in [-0.2, 0) is 17.1 Å². The Kier molecular flexibility index (Phi) is 19.0. The van der Waals surface area contributed by atoms with E-state index >= 15 is 0 Å². The third-order valence-electron chi connectivity index (χ3n) is 5.21. The van der Waals surface area contributed by atoms with Crippen molar-refractivity contribution in [3.8, 4) is 34.5 Å². The zero-order chi connectivity index (χ0) is 46.0. The van der Waals surface area contributed by atoms with Gasteiger partial charge in [-0.3, -0.25) is 60.7 Å². The van der Waals surface area contributed by atoms with E-state index in [0.29, 0.717) is 0 Å². The summed E-state index contributed by atoms with van der Waals surface area (Å²) in [6.45, 7) is 0. The number of nitrogen functional groups attached to an aromatic ring is 4. The van der Waals surface area contributed by atoms with E-state index < -0.39 is 98.2 Å². The van der Waals surface area contributed by atoms with Crippen LogP contribution in [0.1, 0.15) is 0 Å². The van der Waals surface area contributed by atoms with E-state index in [4.69, 9.17) is 43.8 Å². The standard InChI is InChI=1S/2C6H3N3O9.4CH3N5.Cu/c2*10-4-1(7(13)14)5(11)3(9(17)18)6(12)2(4)8(15)16;4*2-6-1-3-4-5-6;/h2*10-12H;4*1H,2H2;/q;;;;;;+2/p-2. The summed E-state index contributed by atoms with van der Waals surface area (Å²) in [4.78, 5) is 57.7. The van der Waals surface area contributed by atoms with Crippen molar-refractivity contribution < 1.29 is 77.2 Å². The second kappa shape index (κ2) is 22.9. The summed E-state index contributed by atoms with van der Waals surface area (Å²) in [7, 11) is 0. The first-order chi connectivity index (χ1) is 28.0. The van der Waals surface area contributed by atoms with Gasteiger partial charge in [-0.2, -0.15) is 0 Å². The second-order valence-electron chi connectivity index (χ2n) is 8.85. The van der Waals surface area contributed by atoms with Crippen LogP contribution in [0.25, 0.3) is 0 Å². The summed E-state index contributed by atoms with van der Waals surface area (Å²) in [5, 5.41) is 160. The maximum absolute atomic E-state index is 11.2. The fraction of sp³-hybridized carbons (Fsp3) is 0. The summed E-state index contributed by atoms with van der Waals surface area (Å²) >= 11 is 0. The van der Waals surface area contributed by atoms with Crippen molar-refractivity contribution in [1.82, 2.24) is 81.3 Å². The van der Waals surface area contributed by atoms with Crippen LogP contribution in [0, 0.1) is 60.7 Å². The predicted octanol–water partition coefficient (Wildman–Crippen LogP) is -6.66. The predicted molar refractivity (Wildman–Crippen MR) is 170 cm³/mol. The fourth-order valence-corrected chi connectivity index (χ4v) is 3.02. The van der Waals surface area contributed by atoms with Crippen molar-refractivity contribution in [2.24, 2.45) is 0 Å². The van der Waals surface area contributed by atoms with E-state index in [1.807, 2.05) is 0 Å². The van der Waals surface area contributed by atoms with Crippen molar-refractivity contribution in [2.45, 2.75) is 0 Å². The SMILES string of the molecule is Nn1cnnn1.Nn1cnnn1.Nn1cnnn1.Nn1cnnn1.O=[N+]([O-])c1c([O-])c([N+](=O)[O-])c(O)c([N+](=O)[O-])c1O.O=[N+]([O-])c1c([O-])c([N+](=O)[O-])c(O)c([N+](=O)[O-])c1O.[Cu+2]. The molecule has 0 aliphatic rings. The van der Waals surface area contributed by atoms with Crippen LogP contribution in [0.4, 0.5) is 34.1 Å². The molecule has 44 nitrogen and oxygen atoms in total. The Morgan fingerprint density at radius 3 is 0.639 bits per heavy atom. The van der Waals surface area contributed by atoms with Gasteiger partial charge in [0.2, 0.25) is 0 Å². The molecule has 0 atom stereocenters. The number of nitro benzene ring substituents is 6. The minimum atomic E-state index is -1.93. The molecule has 0 saturated heterocycles. The Morgan fingerprint density at radius 2 is 0.557 bits per heavy atom. The number of benzene rings is 2. The molecule has 0 bridgehead atoms. The van der Waals surface area contributed by atoms with Crippen molar-refractivity contribution >= 4 is 34.1 Å². The molecule has 2 aromatic carbocycles. The molecule has 45 heteroatoms. The van der Waals surface area contributed by atoms with Gasteiger partial charge in [0, 0.05) is 0 Å². The number of nitrogens with zero attached hydrogens (tertiary/aromatic N) is 22. The first kappa shape index (κ1) is 50.6. The van der Waals surface area contributed by atoms with Crippen molar-refractivity contribution in [2.75, 3.05) is 23.4 Å². The van der Waals surface area contributed by atoms with E-state index in [0.717, 1.165) is 19.2 Å². The normalized spacial score (nSPS) is 9.31. The van der Waals surface area contributed by atoms with Crippen LogP contribution >= 0.6 is 0 Å². The molecule has 0 aliphatic carbocycles. The zero-order valence-electron chi connectivity index (χ0n) is 28.3. The summed E-state index contributed by atoms with van der Waals surface area (Å²) in [6, 6.07) is 0. The molecule has 329 valence electrons. The Labute approximate surface area is 336 Å². The third kappa shape index (κ3) is 14.0. The molecule has 0 aliphatic heterocycles. The van der Waals surface area contributed by atoms with E-state index in [-0.39, 0.29) is 17.1 Å². The summed E-state index contributed by atoms with van der Waals surface area (Å²) in [5.74, 6) is 9.03. The van der Waals surface area contributed by atoms with Crippen LogP contribution in [0.3, 0.4) is 0 Å². The third-order valence-corrected chi connectivity index (χ3v) is 5.21. The number of tetrazole rings is 4. The topological polar surface area (TPSA) is 664 Å². The van der Waals surface area contributed by atoms with Crippen LogP contribution < -0.4 is 33.6 Å². The van der Waals surface area contributed by atoms with Crippen LogP contribution in [0.15, 0.2) is 25.3 Å². The number of hydrogen-bond donors (Lipinski definition) is 8. The van der Waals surface area contributed by atoms with Gasteiger partial charge in [0.25, 0.3) is 23.0 Å². The zero-order valence-corrected chi connectivity index (χ0v) is 29.2. The molecule has 0 unspecified atom stereocenters. The van der Waals surface area contributed by atoms with Crippen LogP contribution in [0.5, 0.6) is 34.5 Å². The average Bonchev–Trinajstić information content (AvgIpc) is 3.97. The Morgan fingerprint density at radius 1 is 0.393 bits per heavy atom. The number of aromatic nitrogens is 16. The van der Waals surface area contributed by atoms with Gasteiger partial charge in [-0.25, -0.2) is 0 Å². The number of rotatable bonds is 6. The molecule has 1 radical (unpaired) electrons.